The summed E-state index contributed by atoms with van der Waals surface area (Å²) in [5, 5.41) is 3.84. The summed E-state index contributed by atoms with van der Waals surface area (Å²) >= 11 is 0. The first-order valence-electron chi connectivity index (χ1n) is 6.43. The van der Waals surface area contributed by atoms with Gasteiger partial charge in [-0.25, -0.2) is 0 Å². The van der Waals surface area contributed by atoms with Crippen molar-refractivity contribution >= 4 is 0 Å². The Kier molecular flexibility index (Phi) is 4.94. The van der Waals surface area contributed by atoms with E-state index in [9.17, 15) is 0 Å². The maximum Gasteiger partial charge on any atom is 0.00978 e. The Morgan fingerprint density at radius 3 is 2.36 bits per heavy atom. The zero-order valence-corrected chi connectivity index (χ0v) is 10.3. The maximum absolute atomic E-state index is 3.84. The predicted octanol–water partition coefficient (Wildman–Crippen LogP) is 3.59. The fourth-order valence-corrected chi connectivity index (χ4v) is 2.59. The molecule has 84 valence electrons. The van der Waals surface area contributed by atoms with Gasteiger partial charge in [0.05, 0.1) is 0 Å². The van der Waals surface area contributed by atoms with Crippen molar-refractivity contribution in [3.05, 3.63) is 0 Å². The monoisotopic (exact) mass is 197 g/mol. The highest BCUT2D eigenvalue weighted by Gasteiger charge is 2.26. The van der Waals surface area contributed by atoms with E-state index >= 15 is 0 Å². The molecule has 1 N–H and O–H groups in total. The first-order chi connectivity index (χ1) is 6.67. The molecule has 0 aromatic carbocycles. The van der Waals surface area contributed by atoms with Crippen molar-refractivity contribution in [2.75, 3.05) is 0 Å². The minimum atomic E-state index is 0.743. The molecule has 0 aromatic rings. The molecule has 0 aromatic heterocycles. The summed E-state index contributed by atoms with van der Waals surface area (Å²) in [5.41, 5.74) is 0. The second-order valence-electron chi connectivity index (χ2n) is 5.18. The fraction of sp³-hybridized carbons (Fsp3) is 1.00. The van der Waals surface area contributed by atoms with E-state index < -0.39 is 0 Å². The highest BCUT2D eigenvalue weighted by atomic mass is 15.0. The molecule has 0 radical (unpaired) electrons. The second kappa shape index (κ2) is 5.75. The number of nitrogens with one attached hydrogen (secondary N) is 1. The molecule has 1 aliphatic carbocycles. The smallest absolute Gasteiger partial charge is 0.00978 e. The van der Waals surface area contributed by atoms with Crippen LogP contribution < -0.4 is 5.32 Å². The molecule has 1 fully saturated rings. The van der Waals surface area contributed by atoms with Crippen molar-refractivity contribution in [1.82, 2.24) is 5.32 Å². The minimum Gasteiger partial charge on any atom is -0.311 e. The Hall–Kier alpha value is -0.0400. The molecule has 0 saturated heterocycles. The van der Waals surface area contributed by atoms with Crippen LogP contribution in [0.15, 0.2) is 0 Å². The van der Waals surface area contributed by atoms with E-state index in [4.69, 9.17) is 0 Å². The summed E-state index contributed by atoms with van der Waals surface area (Å²) < 4.78 is 0. The lowest BCUT2D eigenvalue weighted by Gasteiger charge is -2.35. The van der Waals surface area contributed by atoms with Crippen LogP contribution in [0.1, 0.15) is 59.8 Å². The minimum absolute atomic E-state index is 0.743. The van der Waals surface area contributed by atoms with Crippen LogP contribution in [0.25, 0.3) is 0 Å². The van der Waals surface area contributed by atoms with Gasteiger partial charge in [-0.2, -0.15) is 0 Å². The summed E-state index contributed by atoms with van der Waals surface area (Å²) in [6, 6.07) is 1.52. The number of hydrogen-bond acceptors (Lipinski definition) is 1. The summed E-state index contributed by atoms with van der Waals surface area (Å²) in [6.07, 6.45) is 6.78. The van der Waals surface area contributed by atoms with Crippen molar-refractivity contribution in [3.8, 4) is 0 Å². The van der Waals surface area contributed by atoms with E-state index in [0.29, 0.717) is 0 Å². The first kappa shape index (κ1) is 12.0. The van der Waals surface area contributed by atoms with Crippen LogP contribution in [0.4, 0.5) is 0 Å². The van der Waals surface area contributed by atoms with Crippen LogP contribution in [0.2, 0.25) is 0 Å². The average molecular weight is 197 g/mol. The van der Waals surface area contributed by atoms with E-state index in [1.165, 1.54) is 32.1 Å². The van der Waals surface area contributed by atoms with Crippen LogP contribution in [0, 0.1) is 11.8 Å². The van der Waals surface area contributed by atoms with Gasteiger partial charge in [0.1, 0.15) is 0 Å². The lowest BCUT2D eigenvalue weighted by atomic mass is 9.79. The van der Waals surface area contributed by atoms with Gasteiger partial charge in [0.25, 0.3) is 0 Å². The zero-order valence-electron chi connectivity index (χ0n) is 10.3. The van der Waals surface area contributed by atoms with Gasteiger partial charge in [-0.05, 0) is 37.5 Å². The Morgan fingerprint density at radius 1 is 1.14 bits per heavy atom. The van der Waals surface area contributed by atoms with Crippen molar-refractivity contribution in [2.45, 2.75) is 71.9 Å². The molecule has 0 heterocycles. The fourth-order valence-electron chi connectivity index (χ4n) is 2.59. The first-order valence-corrected chi connectivity index (χ1v) is 6.43. The molecule has 1 saturated carbocycles. The third kappa shape index (κ3) is 3.27. The summed E-state index contributed by atoms with van der Waals surface area (Å²) in [5.74, 6) is 1.81. The average Bonchev–Trinajstić information content (AvgIpc) is 2.19. The molecular formula is C13H27N. The molecule has 0 aliphatic heterocycles. The van der Waals surface area contributed by atoms with Crippen molar-refractivity contribution in [2.24, 2.45) is 11.8 Å². The third-order valence-corrected chi connectivity index (χ3v) is 3.89. The van der Waals surface area contributed by atoms with Crippen LogP contribution in [0.3, 0.4) is 0 Å². The van der Waals surface area contributed by atoms with Gasteiger partial charge in [0, 0.05) is 12.1 Å². The Labute approximate surface area is 89.7 Å². The Bertz CT molecular complexity index is 151. The highest BCUT2D eigenvalue weighted by Crippen LogP contribution is 2.28. The van der Waals surface area contributed by atoms with Crippen molar-refractivity contribution in [3.63, 3.8) is 0 Å². The van der Waals surface area contributed by atoms with Crippen LogP contribution in [-0.4, -0.2) is 12.1 Å². The number of rotatable bonds is 4. The van der Waals surface area contributed by atoms with Crippen LogP contribution >= 0.6 is 0 Å². The molecule has 1 rings (SSSR count). The molecule has 1 heteroatoms. The topological polar surface area (TPSA) is 12.0 Å². The molecule has 14 heavy (non-hydrogen) atoms. The second-order valence-corrected chi connectivity index (χ2v) is 5.18. The van der Waals surface area contributed by atoms with Crippen molar-refractivity contribution < 1.29 is 0 Å². The van der Waals surface area contributed by atoms with Crippen LogP contribution in [0.5, 0.6) is 0 Å². The van der Waals surface area contributed by atoms with Gasteiger partial charge in [-0.1, -0.05) is 34.1 Å². The molecular weight excluding hydrogens is 170 g/mol. The van der Waals surface area contributed by atoms with E-state index in [0.717, 1.165) is 23.9 Å². The molecule has 3 atom stereocenters. The summed E-state index contributed by atoms with van der Waals surface area (Å²) in [7, 11) is 0. The highest BCUT2D eigenvalue weighted by molar-refractivity contribution is 4.83. The van der Waals surface area contributed by atoms with Gasteiger partial charge in [-0.15, -0.1) is 0 Å². The lowest BCUT2D eigenvalue weighted by molar-refractivity contribution is 0.209. The van der Waals surface area contributed by atoms with Gasteiger partial charge in [-0.3, -0.25) is 0 Å². The van der Waals surface area contributed by atoms with E-state index in [-0.39, 0.29) is 0 Å². The molecule has 1 aliphatic rings. The zero-order chi connectivity index (χ0) is 10.6. The van der Waals surface area contributed by atoms with E-state index in [1.54, 1.807) is 0 Å². The standard InChI is InChI=1S/C13H27N/c1-5-12(6-2)14-13-9-10(3)7-8-11(13)4/h10-14H,5-9H2,1-4H3. The third-order valence-electron chi connectivity index (χ3n) is 3.89. The molecule has 1 nitrogen and oxygen atoms in total. The van der Waals surface area contributed by atoms with E-state index in [1.807, 2.05) is 0 Å². The Balaban J connectivity index is 2.40. The summed E-state index contributed by atoms with van der Waals surface area (Å²) in [6.45, 7) is 9.38. The SMILES string of the molecule is CCC(CC)NC1CC(C)CCC1C. The van der Waals surface area contributed by atoms with Crippen molar-refractivity contribution in [1.29, 1.82) is 0 Å². The van der Waals surface area contributed by atoms with Gasteiger partial charge >= 0.3 is 0 Å². The largest absolute Gasteiger partial charge is 0.311 e. The summed E-state index contributed by atoms with van der Waals surface area (Å²) in [4.78, 5) is 0. The van der Waals surface area contributed by atoms with Gasteiger partial charge in [0.15, 0.2) is 0 Å². The van der Waals surface area contributed by atoms with Gasteiger partial charge in [0.2, 0.25) is 0 Å². The quantitative estimate of drug-likeness (QED) is 0.726. The molecule has 0 spiro atoms. The van der Waals surface area contributed by atoms with E-state index in [2.05, 4.69) is 33.0 Å². The Morgan fingerprint density at radius 2 is 1.79 bits per heavy atom. The molecule has 3 unspecified atom stereocenters. The van der Waals surface area contributed by atoms with Crippen LogP contribution in [-0.2, 0) is 0 Å². The normalized spacial score (nSPS) is 33.6. The van der Waals surface area contributed by atoms with Gasteiger partial charge < -0.3 is 5.32 Å². The molecule has 0 amide bonds. The number of hydrogen-bond donors (Lipinski definition) is 1. The molecule has 0 bridgehead atoms. The predicted molar refractivity (Wildman–Crippen MR) is 63.5 cm³/mol. The maximum atomic E-state index is 3.84. The lowest BCUT2D eigenvalue weighted by Crippen LogP contribution is -2.44.